The van der Waals surface area contributed by atoms with Crippen LogP contribution in [0.15, 0.2) is 24.3 Å². The molecule has 0 spiro atoms. The largest absolute Gasteiger partial charge is 0.330 e. The zero-order valence-electron chi connectivity index (χ0n) is 8.67. The van der Waals surface area contributed by atoms with Gasteiger partial charge in [0.05, 0.1) is 0 Å². The number of hydrogen-bond acceptors (Lipinski definition) is 1. The van der Waals surface area contributed by atoms with Crippen LogP contribution < -0.4 is 5.73 Å². The lowest BCUT2D eigenvalue weighted by atomic mass is 9.94. The van der Waals surface area contributed by atoms with E-state index in [2.05, 4.69) is 6.92 Å². The molecule has 0 aliphatic carbocycles. The second-order valence-electron chi connectivity index (χ2n) is 3.63. The first-order valence-corrected chi connectivity index (χ1v) is 5.23. The number of nitrogens with two attached hydrogens (primary N) is 1. The number of halogens is 1. The number of hydrogen-bond donors (Lipinski definition) is 1. The first-order chi connectivity index (χ1) is 6.77. The average Bonchev–Trinajstić information content (AvgIpc) is 2.19. The first-order valence-electron chi connectivity index (χ1n) is 5.23. The van der Waals surface area contributed by atoms with Gasteiger partial charge in [-0.1, -0.05) is 31.9 Å². The molecule has 1 atom stereocenters. The van der Waals surface area contributed by atoms with E-state index in [9.17, 15) is 4.39 Å². The van der Waals surface area contributed by atoms with Gasteiger partial charge < -0.3 is 5.73 Å². The Morgan fingerprint density at radius 1 is 1.43 bits per heavy atom. The molecule has 2 heteroatoms. The van der Waals surface area contributed by atoms with Crippen molar-refractivity contribution in [1.82, 2.24) is 0 Å². The molecule has 1 aromatic carbocycles. The van der Waals surface area contributed by atoms with Crippen LogP contribution >= 0.6 is 0 Å². The molecule has 2 N–H and O–H groups in total. The van der Waals surface area contributed by atoms with Crippen LogP contribution in [0.25, 0.3) is 0 Å². The fourth-order valence-corrected chi connectivity index (χ4v) is 1.63. The maximum absolute atomic E-state index is 12.9. The lowest BCUT2D eigenvalue weighted by Gasteiger charge is -2.14. The Bertz CT molecular complexity index is 273. The third-order valence-electron chi connectivity index (χ3n) is 2.51. The zero-order chi connectivity index (χ0) is 10.4. The minimum absolute atomic E-state index is 0.169. The second kappa shape index (κ2) is 5.76. The second-order valence-corrected chi connectivity index (χ2v) is 3.63. The van der Waals surface area contributed by atoms with Crippen LogP contribution in [0.3, 0.4) is 0 Å². The van der Waals surface area contributed by atoms with Crippen LogP contribution in [0.5, 0.6) is 0 Å². The molecule has 0 aliphatic rings. The Kier molecular flexibility index (Phi) is 4.60. The Balaban J connectivity index is 2.68. The molecule has 1 nitrogen and oxygen atoms in total. The Morgan fingerprint density at radius 3 is 2.79 bits per heavy atom. The van der Waals surface area contributed by atoms with Crippen molar-refractivity contribution in [2.75, 3.05) is 6.54 Å². The molecule has 0 radical (unpaired) electrons. The maximum atomic E-state index is 12.9. The Morgan fingerprint density at radius 2 is 2.21 bits per heavy atom. The lowest BCUT2D eigenvalue weighted by molar-refractivity contribution is 0.580. The molecule has 78 valence electrons. The van der Waals surface area contributed by atoms with Crippen molar-refractivity contribution in [3.05, 3.63) is 35.6 Å². The summed E-state index contributed by atoms with van der Waals surface area (Å²) in [5, 5.41) is 0. The molecule has 0 saturated heterocycles. The molecule has 1 rings (SSSR count). The van der Waals surface area contributed by atoms with Gasteiger partial charge in [0.2, 0.25) is 0 Å². The molecule has 0 heterocycles. The number of benzene rings is 1. The van der Waals surface area contributed by atoms with Gasteiger partial charge in [-0.2, -0.15) is 0 Å². The highest BCUT2D eigenvalue weighted by Gasteiger charge is 2.09. The smallest absolute Gasteiger partial charge is 0.123 e. The normalized spacial score (nSPS) is 12.8. The van der Waals surface area contributed by atoms with E-state index in [0.29, 0.717) is 12.5 Å². The van der Waals surface area contributed by atoms with Crippen LogP contribution in [0.1, 0.15) is 37.7 Å². The van der Waals surface area contributed by atoms with Crippen molar-refractivity contribution < 1.29 is 4.39 Å². The average molecular weight is 195 g/mol. The van der Waals surface area contributed by atoms with Crippen molar-refractivity contribution in [1.29, 1.82) is 0 Å². The predicted molar refractivity (Wildman–Crippen MR) is 57.7 cm³/mol. The molecule has 0 amide bonds. The standard InChI is InChI=1S/C12H18FN/c1-2-3-5-11(9-14)10-6-4-7-12(13)8-10/h4,6-8,11H,2-3,5,9,14H2,1H3. The number of rotatable bonds is 5. The number of unbranched alkanes of at least 4 members (excludes halogenated alkanes) is 1. The van der Waals surface area contributed by atoms with Crippen LogP contribution in [0.2, 0.25) is 0 Å². The molecule has 0 saturated carbocycles. The highest BCUT2D eigenvalue weighted by atomic mass is 19.1. The van der Waals surface area contributed by atoms with E-state index in [0.717, 1.165) is 24.8 Å². The fourth-order valence-electron chi connectivity index (χ4n) is 1.63. The summed E-state index contributed by atoms with van der Waals surface area (Å²) in [6.07, 6.45) is 3.36. The third-order valence-corrected chi connectivity index (χ3v) is 2.51. The SMILES string of the molecule is CCCCC(CN)c1cccc(F)c1. The highest BCUT2D eigenvalue weighted by molar-refractivity contribution is 5.20. The quantitative estimate of drug-likeness (QED) is 0.767. The lowest BCUT2D eigenvalue weighted by Crippen LogP contribution is -2.12. The topological polar surface area (TPSA) is 26.0 Å². The van der Waals surface area contributed by atoms with E-state index in [1.54, 1.807) is 12.1 Å². The fraction of sp³-hybridized carbons (Fsp3) is 0.500. The molecular weight excluding hydrogens is 177 g/mol. The van der Waals surface area contributed by atoms with E-state index in [-0.39, 0.29) is 5.82 Å². The summed E-state index contributed by atoms with van der Waals surface area (Å²) >= 11 is 0. The molecule has 0 fully saturated rings. The zero-order valence-corrected chi connectivity index (χ0v) is 8.67. The minimum Gasteiger partial charge on any atom is -0.330 e. The summed E-state index contributed by atoms with van der Waals surface area (Å²) in [6.45, 7) is 2.75. The van der Waals surface area contributed by atoms with Crippen LogP contribution in [0, 0.1) is 5.82 Å². The molecule has 1 unspecified atom stereocenters. The minimum atomic E-state index is -0.169. The van der Waals surface area contributed by atoms with Crippen molar-refractivity contribution in [3.63, 3.8) is 0 Å². The van der Waals surface area contributed by atoms with Gasteiger partial charge in [-0.15, -0.1) is 0 Å². The summed E-state index contributed by atoms with van der Waals surface area (Å²) < 4.78 is 12.9. The van der Waals surface area contributed by atoms with Gasteiger partial charge in [0.15, 0.2) is 0 Å². The van der Waals surface area contributed by atoms with Crippen LogP contribution in [0.4, 0.5) is 4.39 Å². The van der Waals surface area contributed by atoms with Gasteiger partial charge in [0, 0.05) is 0 Å². The summed E-state index contributed by atoms with van der Waals surface area (Å²) in [5.74, 6) is 0.142. The maximum Gasteiger partial charge on any atom is 0.123 e. The van der Waals surface area contributed by atoms with E-state index < -0.39 is 0 Å². The van der Waals surface area contributed by atoms with E-state index in [1.807, 2.05) is 6.07 Å². The molecule has 1 aromatic rings. The van der Waals surface area contributed by atoms with Crippen molar-refractivity contribution >= 4 is 0 Å². The van der Waals surface area contributed by atoms with Crippen molar-refractivity contribution in [3.8, 4) is 0 Å². The monoisotopic (exact) mass is 195 g/mol. The molecule has 14 heavy (non-hydrogen) atoms. The first kappa shape index (κ1) is 11.2. The predicted octanol–water partition coefficient (Wildman–Crippen LogP) is 3.06. The van der Waals surface area contributed by atoms with Crippen LogP contribution in [-0.2, 0) is 0 Å². The van der Waals surface area contributed by atoms with E-state index >= 15 is 0 Å². The van der Waals surface area contributed by atoms with Gasteiger partial charge >= 0.3 is 0 Å². The summed E-state index contributed by atoms with van der Waals surface area (Å²) in [7, 11) is 0. The Hall–Kier alpha value is -0.890. The van der Waals surface area contributed by atoms with Crippen molar-refractivity contribution in [2.24, 2.45) is 5.73 Å². The Labute approximate surface area is 85.1 Å². The molecular formula is C12H18FN. The highest BCUT2D eigenvalue weighted by Crippen LogP contribution is 2.21. The van der Waals surface area contributed by atoms with Gasteiger partial charge in [-0.25, -0.2) is 4.39 Å². The van der Waals surface area contributed by atoms with Gasteiger partial charge in [0.1, 0.15) is 5.82 Å². The third kappa shape index (κ3) is 3.11. The van der Waals surface area contributed by atoms with E-state index in [4.69, 9.17) is 5.73 Å². The molecule has 0 bridgehead atoms. The van der Waals surface area contributed by atoms with Gasteiger partial charge in [0.25, 0.3) is 0 Å². The summed E-state index contributed by atoms with van der Waals surface area (Å²) in [4.78, 5) is 0. The van der Waals surface area contributed by atoms with Gasteiger partial charge in [-0.3, -0.25) is 0 Å². The van der Waals surface area contributed by atoms with Crippen molar-refractivity contribution in [2.45, 2.75) is 32.1 Å². The molecule has 0 aromatic heterocycles. The molecule has 0 aliphatic heterocycles. The van der Waals surface area contributed by atoms with E-state index in [1.165, 1.54) is 6.07 Å². The summed E-state index contributed by atoms with van der Waals surface area (Å²) in [6, 6.07) is 6.76. The van der Waals surface area contributed by atoms with Crippen LogP contribution in [-0.4, -0.2) is 6.54 Å². The van der Waals surface area contributed by atoms with Gasteiger partial charge in [-0.05, 0) is 36.6 Å². The summed E-state index contributed by atoms with van der Waals surface area (Å²) in [5.41, 5.74) is 6.70.